The van der Waals surface area contributed by atoms with E-state index in [-0.39, 0.29) is 11.3 Å². The lowest BCUT2D eigenvalue weighted by Crippen LogP contribution is -2.46. The topological polar surface area (TPSA) is 41.1 Å². The number of hydrogen-bond acceptors (Lipinski definition) is 2. The van der Waals surface area contributed by atoms with Crippen LogP contribution in [0, 0.1) is 0 Å². The second-order valence-electron chi connectivity index (χ2n) is 8.30. The fraction of sp³-hybridized carbons (Fsp3) is 0.667. The van der Waals surface area contributed by atoms with Crippen molar-refractivity contribution in [1.29, 1.82) is 0 Å². The van der Waals surface area contributed by atoms with Crippen molar-refractivity contribution in [3.8, 4) is 0 Å². The normalized spacial score (nSPS) is 21.5. The average Bonchev–Trinajstić information content (AvgIpc) is 2.51. The molecular weight excluding hydrogens is 296 g/mol. The Hall–Kier alpha value is -1.35. The first-order valence-electron chi connectivity index (χ1n) is 9.47. The molecule has 2 N–H and O–H groups in total. The zero-order valence-electron chi connectivity index (χ0n) is 15.8. The van der Waals surface area contributed by atoms with E-state index in [1.807, 2.05) is 0 Å². The van der Waals surface area contributed by atoms with Crippen LogP contribution in [0.15, 0.2) is 24.3 Å². The first-order valence-corrected chi connectivity index (χ1v) is 9.47. The molecule has 24 heavy (non-hydrogen) atoms. The zero-order valence-corrected chi connectivity index (χ0v) is 15.8. The summed E-state index contributed by atoms with van der Waals surface area (Å²) in [4.78, 5) is 12.1. The van der Waals surface area contributed by atoms with E-state index in [1.165, 1.54) is 11.1 Å². The molecule has 1 amide bonds. The van der Waals surface area contributed by atoms with Gasteiger partial charge in [0.25, 0.3) is 0 Å². The maximum Gasteiger partial charge on any atom is 0.220 e. The lowest BCUT2D eigenvalue weighted by molar-refractivity contribution is -0.122. The van der Waals surface area contributed by atoms with Crippen molar-refractivity contribution < 1.29 is 4.79 Å². The molecule has 1 heterocycles. The van der Waals surface area contributed by atoms with Crippen LogP contribution in [0.25, 0.3) is 0 Å². The number of unbranched alkanes of at least 4 members (excludes halogenated alkanes) is 1. The predicted octanol–water partition coefficient (Wildman–Crippen LogP) is 3.95. The molecule has 2 unspecified atom stereocenters. The number of benzene rings is 1. The van der Waals surface area contributed by atoms with Crippen LogP contribution >= 0.6 is 0 Å². The molecule has 1 aromatic rings. The summed E-state index contributed by atoms with van der Waals surface area (Å²) >= 11 is 0. The molecule has 1 aliphatic rings. The third-order valence-corrected chi connectivity index (χ3v) is 4.93. The highest BCUT2D eigenvalue weighted by molar-refractivity contribution is 5.76. The van der Waals surface area contributed by atoms with Gasteiger partial charge in [0.05, 0.1) is 0 Å². The third-order valence-electron chi connectivity index (χ3n) is 4.93. The summed E-state index contributed by atoms with van der Waals surface area (Å²) in [6.45, 7) is 9.91. The minimum absolute atomic E-state index is 0.211. The Morgan fingerprint density at radius 1 is 1.21 bits per heavy atom. The van der Waals surface area contributed by atoms with Gasteiger partial charge in [0.2, 0.25) is 5.91 Å². The van der Waals surface area contributed by atoms with Crippen LogP contribution in [-0.4, -0.2) is 24.5 Å². The van der Waals surface area contributed by atoms with E-state index in [1.54, 1.807) is 0 Å². The Balaban J connectivity index is 1.64. The number of rotatable bonds is 6. The quantitative estimate of drug-likeness (QED) is 0.775. The first kappa shape index (κ1) is 19.0. The van der Waals surface area contributed by atoms with Crippen molar-refractivity contribution in [3.05, 3.63) is 35.4 Å². The Morgan fingerprint density at radius 2 is 1.92 bits per heavy atom. The lowest BCUT2D eigenvalue weighted by atomic mass is 9.86. The number of amides is 1. The molecule has 0 spiro atoms. The SMILES string of the molecule is CC1CC(NC(=O)CCCCc2ccc(C(C)(C)C)cc2)CCN1. The average molecular weight is 331 g/mol. The maximum absolute atomic E-state index is 12.1. The van der Waals surface area contributed by atoms with Crippen molar-refractivity contribution in [2.75, 3.05) is 6.54 Å². The van der Waals surface area contributed by atoms with Gasteiger partial charge in [0.1, 0.15) is 0 Å². The maximum atomic E-state index is 12.1. The molecule has 0 radical (unpaired) electrons. The number of nitrogens with one attached hydrogen (secondary N) is 2. The van der Waals surface area contributed by atoms with Crippen molar-refractivity contribution in [3.63, 3.8) is 0 Å². The highest BCUT2D eigenvalue weighted by Crippen LogP contribution is 2.22. The molecule has 0 bridgehead atoms. The van der Waals surface area contributed by atoms with Crippen LogP contribution in [0.3, 0.4) is 0 Å². The molecule has 1 saturated heterocycles. The molecule has 2 rings (SSSR count). The summed E-state index contributed by atoms with van der Waals surface area (Å²) in [7, 11) is 0. The fourth-order valence-electron chi connectivity index (χ4n) is 3.35. The number of carbonyl (C=O) groups is 1. The monoisotopic (exact) mass is 330 g/mol. The van der Waals surface area contributed by atoms with E-state index in [4.69, 9.17) is 0 Å². The highest BCUT2D eigenvalue weighted by Gasteiger charge is 2.19. The molecular formula is C21H34N2O. The van der Waals surface area contributed by atoms with Gasteiger partial charge in [-0.25, -0.2) is 0 Å². The van der Waals surface area contributed by atoms with Crippen LogP contribution in [0.2, 0.25) is 0 Å². The molecule has 1 fully saturated rings. The molecule has 0 saturated carbocycles. The van der Waals surface area contributed by atoms with Gasteiger partial charge in [-0.3, -0.25) is 4.79 Å². The summed E-state index contributed by atoms with van der Waals surface area (Å²) in [5.74, 6) is 0.220. The van der Waals surface area contributed by atoms with E-state index in [2.05, 4.69) is 62.6 Å². The van der Waals surface area contributed by atoms with E-state index in [0.717, 1.165) is 38.6 Å². The van der Waals surface area contributed by atoms with Gasteiger partial charge in [-0.05, 0) is 62.1 Å². The summed E-state index contributed by atoms with van der Waals surface area (Å²) in [5.41, 5.74) is 2.96. The van der Waals surface area contributed by atoms with Crippen molar-refractivity contribution in [2.45, 2.75) is 83.7 Å². The van der Waals surface area contributed by atoms with Crippen LogP contribution in [0.4, 0.5) is 0 Å². The molecule has 1 aliphatic heterocycles. The smallest absolute Gasteiger partial charge is 0.220 e. The molecule has 0 aliphatic carbocycles. The van der Waals surface area contributed by atoms with Gasteiger partial charge in [-0.2, -0.15) is 0 Å². The summed E-state index contributed by atoms with van der Waals surface area (Å²) in [6.07, 6.45) is 5.85. The highest BCUT2D eigenvalue weighted by atomic mass is 16.1. The summed E-state index contributed by atoms with van der Waals surface area (Å²) < 4.78 is 0. The van der Waals surface area contributed by atoms with Crippen LogP contribution in [0.1, 0.15) is 70.9 Å². The van der Waals surface area contributed by atoms with Crippen LogP contribution in [0.5, 0.6) is 0 Å². The van der Waals surface area contributed by atoms with Crippen molar-refractivity contribution >= 4 is 5.91 Å². The molecule has 134 valence electrons. The standard InChI is InChI=1S/C21H34N2O/c1-16-15-19(13-14-22-16)23-20(24)8-6-5-7-17-9-11-18(12-10-17)21(2,3)4/h9-12,16,19,22H,5-8,13-15H2,1-4H3,(H,23,24). The molecule has 0 aromatic heterocycles. The van der Waals surface area contributed by atoms with Crippen LogP contribution in [-0.2, 0) is 16.6 Å². The Kier molecular flexibility index (Phi) is 6.85. The third kappa shape index (κ3) is 6.27. The van der Waals surface area contributed by atoms with E-state index < -0.39 is 0 Å². The van der Waals surface area contributed by atoms with E-state index in [0.29, 0.717) is 18.5 Å². The van der Waals surface area contributed by atoms with E-state index >= 15 is 0 Å². The van der Waals surface area contributed by atoms with Gasteiger partial charge in [-0.1, -0.05) is 45.0 Å². The van der Waals surface area contributed by atoms with Gasteiger partial charge >= 0.3 is 0 Å². The Labute approximate surface area is 147 Å². The first-order chi connectivity index (χ1) is 11.3. The fourth-order valence-corrected chi connectivity index (χ4v) is 3.35. The minimum atomic E-state index is 0.211. The van der Waals surface area contributed by atoms with Crippen LogP contribution < -0.4 is 10.6 Å². The Bertz CT molecular complexity index is 516. The summed E-state index contributed by atoms with van der Waals surface area (Å²) in [5, 5.41) is 6.61. The number of aryl methyl sites for hydroxylation is 1. The largest absolute Gasteiger partial charge is 0.353 e. The van der Waals surface area contributed by atoms with E-state index in [9.17, 15) is 4.79 Å². The lowest BCUT2D eigenvalue weighted by Gasteiger charge is -2.28. The van der Waals surface area contributed by atoms with Crippen molar-refractivity contribution in [2.24, 2.45) is 0 Å². The van der Waals surface area contributed by atoms with Gasteiger partial charge < -0.3 is 10.6 Å². The second kappa shape index (κ2) is 8.66. The number of piperidine rings is 1. The summed E-state index contributed by atoms with van der Waals surface area (Å²) in [6, 6.07) is 9.81. The van der Waals surface area contributed by atoms with Crippen molar-refractivity contribution in [1.82, 2.24) is 10.6 Å². The molecule has 2 atom stereocenters. The molecule has 1 aromatic carbocycles. The zero-order chi connectivity index (χ0) is 17.6. The number of hydrogen-bond donors (Lipinski definition) is 2. The second-order valence-corrected chi connectivity index (χ2v) is 8.30. The Morgan fingerprint density at radius 3 is 2.54 bits per heavy atom. The molecule has 3 heteroatoms. The minimum Gasteiger partial charge on any atom is -0.353 e. The van der Waals surface area contributed by atoms with Gasteiger partial charge in [0.15, 0.2) is 0 Å². The van der Waals surface area contributed by atoms with Gasteiger partial charge in [0, 0.05) is 18.5 Å². The van der Waals surface area contributed by atoms with Gasteiger partial charge in [-0.15, -0.1) is 0 Å². The number of carbonyl (C=O) groups excluding carboxylic acids is 1. The predicted molar refractivity (Wildman–Crippen MR) is 101 cm³/mol. The molecule has 3 nitrogen and oxygen atoms in total.